The summed E-state index contributed by atoms with van der Waals surface area (Å²) in [7, 11) is 4.05. The normalized spacial score (nSPS) is 15.9. The summed E-state index contributed by atoms with van der Waals surface area (Å²) in [6.07, 6.45) is 5.20. The lowest BCUT2D eigenvalue weighted by molar-refractivity contribution is 0.238. The number of nitrogens with one attached hydrogen (secondary N) is 2. The Morgan fingerprint density at radius 1 is 1.19 bits per heavy atom. The van der Waals surface area contributed by atoms with Crippen LogP contribution < -0.4 is 15.5 Å². The first-order chi connectivity index (χ1) is 15.0. The predicted molar refractivity (Wildman–Crippen MR) is 146 cm³/mol. The molecule has 6 nitrogen and oxygen atoms in total. The number of hydrogen-bond donors (Lipinski definition) is 2. The van der Waals surface area contributed by atoms with Crippen molar-refractivity contribution in [2.45, 2.75) is 51.7 Å². The van der Waals surface area contributed by atoms with Crippen LogP contribution in [-0.4, -0.2) is 61.7 Å². The molecule has 1 atom stereocenters. The number of aryl methyl sites for hydroxylation is 1. The van der Waals surface area contributed by atoms with Crippen molar-refractivity contribution >= 4 is 35.8 Å². The summed E-state index contributed by atoms with van der Waals surface area (Å²) in [5.41, 5.74) is 2.56. The molecule has 7 heteroatoms. The molecule has 0 amide bonds. The third-order valence-electron chi connectivity index (χ3n) is 6.16. The van der Waals surface area contributed by atoms with Gasteiger partial charge in [0.1, 0.15) is 5.82 Å². The van der Waals surface area contributed by atoms with Gasteiger partial charge in [-0.2, -0.15) is 0 Å². The average molecular weight is 551 g/mol. The summed E-state index contributed by atoms with van der Waals surface area (Å²) >= 11 is 0. The van der Waals surface area contributed by atoms with Gasteiger partial charge in [0.15, 0.2) is 5.96 Å². The number of anilines is 1. The SMILES string of the molecule is CN=C(NCCC(C)N(C)Cc1ccccc1)NC1CCN(c2ccc(C)cn2)CC1.I. The maximum Gasteiger partial charge on any atom is 0.191 e. The first-order valence-corrected chi connectivity index (χ1v) is 11.4. The highest BCUT2D eigenvalue weighted by Crippen LogP contribution is 2.18. The van der Waals surface area contributed by atoms with Crippen molar-refractivity contribution in [1.29, 1.82) is 0 Å². The van der Waals surface area contributed by atoms with Crippen LogP contribution in [0.4, 0.5) is 5.82 Å². The zero-order valence-electron chi connectivity index (χ0n) is 19.9. The minimum Gasteiger partial charge on any atom is -0.356 e. The Morgan fingerprint density at radius 2 is 1.91 bits per heavy atom. The lowest BCUT2D eigenvalue weighted by Gasteiger charge is -2.34. The van der Waals surface area contributed by atoms with Crippen molar-refractivity contribution in [3.05, 3.63) is 59.8 Å². The topological polar surface area (TPSA) is 55.8 Å². The molecule has 2 aromatic rings. The maximum absolute atomic E-state index is 4.57. The highest BCUT2D eigenvalue weighted by molar-refractivity contribution is 14.0. The van der Waals surface area contributed by atoms with Crippen molar-refractivity contribution in [2.24, 2.45) is 4.99 Å². The van der Waals surface area contributed by atoms with E-state index in [1.54, 1.807) is 0 Å². The van der Waals surface area contributed by atoms with Gasteiger partial charge in [-0.15, -0.1) is 24.0 Å². The number of guanidine groups is 1. The van der Waals surface area contributed by atoms with Gasteiger partial charge in [-0.3, -0.25) is 9.89 Å². The van der Waals surface area contributed by atoms with Crippen LogP contribution >= 0.6 is 24.0 Å². The molecule has 1 saturated heterocycles. The van der Waals surface area contributed by atoms with Gasteiger partial charge < -0.3 is 15.5 Å². The second kappa shape index (κ2) is 13.6. The van der Waals surface area contributed by atoms with Crippen LogP contribution in [0.25, 0.3) is 0 Å². The smallest absolute Gasteiger partial charge is 0.191 e. The fraction of sp³-hybridized carbons (Fsp3) is 0.520. The Bertz CT molecular complexity index is 803. The van der Waals surface area contributed by atoms with Crippen LogP contribution in [0.15, 0.2) is 53.7 Å². The van der Waals surface area contributed by atoms with E-state index in [1.807, 2.05) is 13.2 Å². The summed E-state index contributed by atoms with van der Waals surface area (Å²) in [5.74, 6) is 1.99. The van der Waals surface area contributed by atoms with E-state index in [1.165, 1.54) is 11.1 Å². The third-order valence-corrected chi connectivity index (χ3v) is 6.16. The number of halogens is 1. The van der Waals surface area contributed by atoms with Gasteiger partial charge in [-0.1, -0.05) is 36.4 Å². The molecule has 176 valence electrons. The Hall–Kier alpha value is -1.87. The van der Waals surface area contributed by atoms with Gasteiger partial charge in [0.2, 0.25) is 0 Å². The first kappa shape index (κ1) is 26.4. The average Bonchev–Trinajstić information content (AvgIpc) is 2.80. The highest BCUT2D eigenvalue weighted by Gasteiger charge is 2.21. The molecule has 0 spiro atoms. The number of benzene rings is 1. The number of pyridine rings is 1. The van der Waals surface area contributed by atoms with Crippen LogP contribution in [0.1, 0.15) is 37.3 Å². The molecule has 0 radical (unpaired) electrons. The molecule has 1 aliphatic rings. The molecule has 1 aromatic carbocycles. The number of hydrogen-bond acceptors (Lipinski definition) is 4. The van der Waals surface area contributed by atoms with Crippen LogP contribution in [-0.2, 0) is 6.54 Å². The standard InChI is InChI=1S/C25H38N6.HI/c1-20-10-11-24(28-18-20)31-16-13-23(14-17-31)29-25(26-3)27-15-12-21(2)30(4)19-22-8-6-5-7-9-22;/h5-11,18,21,23H,12-17,19H2,1-4H3,(H2,26,27,29);1H. The second-order valence-electron chi connectivity index (χ2n) is 8.64. The van der Waals surface area contributed by atoms with Gasteiger partial charge in [0.05, 0.1) is 0 Å². The molecule has 3 rings (SSSR count). The van der Waals surface area contributed by atoms with Crippen molar-refractivity contribution in [1.82, 2.24) is 20.5 Å². The highest BCUT2D eigenvalue weighted by atomic mass is 127. The summed E-state index contributed by atoms with van der Waals surface area (Å²) < 4.78 is 0. The molecule has 1 aromatic heterocycles. The van der Waals surface area contributed by atoms with Crippen LogP contribution in [0.3, 0.4) is 0 Å². The summed E-state index contributed by atoms with van der Waals surface area (Å²) in [6.45, 7) is 8.29. The van der Waals surface area contributed by atoms with Crippen LogP contribution in [0.5, 0.6) is 0 Å². The van der Waals surface area contributed by atoms with E-state index in [-0.39, 0.29) is 24.0 Å². The van der Waals surface area contributed by atoms with Crippen molar-refractivity contribution < 1.29 is 0 Å². The number of piperidine rings is 1. The Kier molecular flexibility index (Phi) is 11.2. The van der Waals surface area contributed by atoms with E-state index >= 15 is 0 Å². The van der Waals surface area contributed by atoms with E-state index in [2.05, 4.69) is 93.8 Å². The molecule has 1 unspecified atom stereocenters. The molecule has 2 N–H and O–H groups in total. The zero-order valence-corrected chi connectivity index (χ0v) is 22.3. The second-order valence-corrected chi connectivity index (χ2v) is 8.64. The lowest BCUT2D eigenvalue weighted by Crippen LogP contribution is -2.49. The first-order valence-electron chi connectivity index (χ1n) is 11.4. The van der Waals surface area contributed by atoms with E-state index in [0.29, 0.717) is 12.1 Å². The quantitative estimate of drug-likeness (QED) is 0.295. The molecule has 32 heavy (non-hydrogen) atoms. The molecular weight excluding hydrogens is 511 g/mol. The predicted octanol–water partition coefficient (Wildman–Crippen LogP) is 4.05. The number of rotatable bonds is 8. The minimum atomic E-state index is 0. The lowest BCUT2D eigenvalue weighted by atomic mass is 10.1. The number of aliphatic imine (C=N–C) groups is 1. The van der Waals surface area contributed by atoms with Crippen molar-refractivity contribution in [3.63, 3.8) is 0 Å². The largest absolute Gasteiger partial charge is 0.356 e. The van der Waals surface area contributed by atoms with Gasteiger partial charge >= 0.3 is 0 Å². The molecule has 2 heterocycles. The Balaban J connectivity index is 0.00000363. The molecular formula is C25H39IN6. The van der Waals surface area contributed by atoms with E-state index in [9.17, 15) is 0 Å². The van der Waals surface area contributed by atoms with Crippen LogP contribution in [0, 0.1) is 6.92 Å². The van der Waals surface area contributed by atoms with Gasteiger partial charge in [0, 0.05) is 51.5 Å². The summed E-state index contributed by atoms with van der Waals surface area (Å²) in [5, 5.41) is 7.11. The monoisotopic (exact) mass is 550 g/mol. The fourth-order valence-corrected chi connectivity index (χ4v) is 3.94. The molecule has 0 bridgehead atoms. The van der Waals surface area contributed by atoms with Gasteiger partial charge in [-0.25, -0.2) is 4.98 Å². The molecule has 1 aliphatic heterocycles. The fourth-order valence-electron chi connectivity index (χ4n) is 3.94. The minimum absolute atomic E-state index is 0. The Morgan fingerprint density at radius 3 is 2.53 bits per heavy atom. The summed E-state index contributed by atoms with van der Waals surface area (Å²) in [4.78, 5) is 13.8. The molecule has 0 aliphatic carbocycles. The van der Waals surface area contributed by atoms with Gasteiger partial charge in [-0.05, 0) is 57.4 Å². The zero-order chi connectivity index (χ0) is 22.1. The van der Waals surface area contributed by atoms with E-state index in [4.69, 9.17) is 0 Å². The molecule has 0 saturated carbocycles. The van der Waals surface area contributed by atoms with E-state index in [0.717, 1.165) is 57.2 Å². The van der Waals surface area contributed by atoms with E-state index < -0.39 is 0 Å². The maximum atomic E-state index is 4.57. The van der Waals surface area contributed by atoms with Gasteiger partial charge in [0.25, 0.3) is 0 Å². The Labute approximate surface area is 210 Å². The number of aromatic nitrogens is 1. The summed E-state index contributed by atoms with van der Waals surface area (Å²) in [6, 6.07) is 15.9. The van der Waals surface area contributed by atoms with Crippen molar-refractivity contribution in [3.8, 4) is 0 Å². The number of nitrogens with zero attached hydrogens (tertiary/aromatic N) is 4. The molecule has 1 fully saturated rings. The van der Waals surface area contributed by atoms with Crippen LogP contribution in [0.2, 0.25) is 0 Å². The van der Waals surface area contributed by atoms with Crippen molar-refractivity contribution in [2.75, 3.05) is 38.6 Å². The third kappa shape index (κ3) is 8.24.